The van der Waals surface area contributed by atoms with E-state index in [2.05, 4.69) is 9.97 Å². The fourth-order valence-electron chi connectivity index (χ4n) is 2.84. The summed E-state index contributed by atoms with van der Waals surface area (Å²) in [5.74, 6) is 0.729. The number of nitrogens with one attached hydrogen (secondary N) is 1. The lowest BCUT2D eigenvalue weighted by Crippen LogP contribution is -1.98. The minimum Gasteiger partial charge on any atom is -0.340 e. The van der Waals surface area contributed by atoms with Gasteiger partial charge in [-0.05, 0) is 36.4 Å². The second-order valence-electron chi connectivity index (χ2n) is 6.02. The molecule has 6 heteroatoms. The highest BCUT2D eigenvalue weighted by Crippen LogP contribution is 2.35. The number of imidazole rings is 1. The lowest BCUT2D eigenvalue weighted by Gasteiger charge is -2.06. The minimum absolute atomic E-state index is 0.265. The summed E-state index contributed by atoms with van der Waals surface area (Å²) in [5.41, 5.74) is 4.52. The normalized spacial score (nSPS) is 12.1. The number of hydrogen-bond donors (Lipinski definition) is 2. The number of halogens is 2. The molecule has 0 saturated heterocycles. The van der Waals surface area contributed by atoms with Gasteiger partial charge < -0.3 is 4.98 Å². The van der Waals surface area contributed by atoms with E-state index in [0.717, 1.165) is 34.0 Å². The van der Waals surface area contributed by atoms with Crippen LogP contribution in [0.5, 0.6) is 0 Å². The van der Waals surface area contributed by atoms with Crippen molar-refractivity contribution in [2.75, 3.05) is 0 Å². The number of aromatic amines is 1. The van der Waals surface area contributed by atoms with E-state index in [1.165, 1.54) is 0 Å². The van der Waals surface area contributed by atoms with E-state index in [4.69, 9.17) is 40.8 Å². The molecule has 2 heterocycles. The molecule has 0 bridgehead atoms. The van der Waals surface area contributed by atoms with E-state index in [1.54, 1.807) is 6.20 Å². The van der Waals surface area contributed by atoms with Gasteiger partial charge in [0, 0.05) is 27.4 Å². The van der Waals surface area contributed by atoms with Crippen molar-refractivity contribution in [1.82, 2.24) is 15.0 Å². The van der Waals surface area contributed by atoms with Crippen molar-refractivity contribution in [3.8, 4) is 22.5 Å². The fourth-order valence-corrected chi connectivity index (χ4v) is 3.37. The summed E-state index contributed by atoms with van der Waals surface area (Å²) < 4.78 is 0. The van der Waals surface area contributed by atoms with Gasteiger partial charge >= 0.3 is 0 Å². The average molecular weight is 412 g/mol. The van der Waals surface area contributed by atoms with E-state index in [-0.39, 0.29) is 5.25 Å². The Hall–Kier alpha value is -2.27. The maximum atomic E-state index is 6.05. The van der Waals surface area contributed by atoms with Crippen LogP contribution in [-0.4, -0.2) is 15.0 Å². The van der Waals surface area contributed by atoms with Crippen molar-refractivity contribution < 1.29 is 0 Å². The Morgan fingerprint density at radius 3 is 2.04 bits per heavy atom. The zero-order valence-electron chi connectivity index (χ0n) is 14.1. The van der Waals surface area contributed by atoms with Crippen LogP contribution >= 0.6 is 35.8 Å². The third kappa shape index (κ3) is 3.88. The van der Waals surface area contributed by atoms with Crippen molar-refractivity contribution in [1.29, 1.82) is 0 Å². The standard InChI is InChI=1S/C21H15Cl2N3S/c22-15-8-4-13(5-9-15)18-19(14-6-10-16(23)11-7-14)26-21(25-18)20(27)17-3-1-2-12-24-17/h1-12,20,27H,(H,25,26). The highest BCUT2D eigenvalue weighted by molar-refractivity contribution is 7.80. The SMILES string of the molecule is SC(c1ccccn1)c1nc(-c2ccc(Cl)cc2)c(-c2ccc(Cl)cc2)[nH]1. The Kier molecular flexibility index (Phi) is 5.21. The molecule has 0 radical (unpaired) electrons. The quantitative estimate of drug-likeness (QED) is 0.378. The van der Waals surface area contributed by atoms with Gasteiger partial charge in [-0.25, -0.2) is 4.98 Å². The number of aromatic nitrogens is 3. The van der Waals surface area contributed by atoms with Crippen molar-refractivity contribution in [3.63, 3.8) is 0 Å². The Morgan fingerprint density at radius 2 is 1.44 bits per heavy atom. The molecule has 0 fully saturated rings. The summed E-state index contributed by atoms with van der Waals surface area (Å²) in [5, 5.41) is 1.11. The molecule has 2 aromatic heterocycles. The van der Waals surface area contributed by atoms with Gasteiger partial charge in [0.15, 0.2) is 0 Å². The summed E-state index contributed by atoms with van der Waals surface area (Å²) in [4.78, 5) is 12.7. The van der Waals surface area contributed by atoms with Crippen LogP contribution in [0.25, 0.3) is 22.5 Å². The van der Waals surface area contributed by atoms with Gasteiger partial charge in [-0.3, -0.25) is 4.98 Å². The number of benzene rings is 2. The first kappa shape index (κ1) is 18.1. The maximum Gasteiger partial charge on any atom is 0.126 e. The predicted octanol–water partition coefficient (Wildman–Crippen LogP) is 6.46. The fraction of sp³-hybridized carbons (Fsp3) is 0.0476. The topological polar surface area (TPSA) is 41.6 Å². The maximum absolute atomic E-state index is 6.05. The van der Waals surface area contributed by atoms with Gasteiger partial charge in [-0.2, -0.15) is 12.6 Å². The van der Waals surface area contributed by atoms with Crippen LogP contribution < -0.4 is 0 Å². The molecule has 3 nitrogen and oxygen atoms in total. The lowest BCUT2D eigenvalue weighted by molar-refractivity contribution is 0.962. The molecular weight excluding hydrogens is 397 g/mol. The molecule has 0 saturated carbocycles. The highest BCUT2D eigenvalue weighted by Gasteiger charge is 2.20. The molecule has 1 atom stereocenters. The summed E-state index contributed by atoms with van der Waals surface area (Å²) in [6.45, 7) is 0. The van der Waals surface area contributed by atoms with E-state index in [9.17, 15) is 0 Å². The first-order valence-electron chi connectivity index (χ1n) is 8.32. The Bertz CT molecular complexity index is 982. The van der Waals surface area contributed by atoms with Crippen molar-refractivity contribution >= 4 is 35.8 Å². The van der Waals surface area contributed by atoms with Gasteiger partial charge in [0.1, 0.15) is 11.1 Å². The van der Waals surface area contributed by atoms with E-state index in [1.807, 2.05) is 66.7 Å². The molecule has 27 heavy (non-hydrogen) atoms. The van der Waals surface area contributed by atoms with Crippen LogP contribution in [0, 0.1) is 0 Å². The molecule has 134 valence electrons. The van der Waals surface area contributed by atoms with Crippen LogP contribution in [-0.2, 0) is 0 Å². The van der Waals surface area contributed by atoms with E-state index in [0.29, 0.717) is 10.0 Å². The lowest BCUT2D eigenvalue weighted by atomic mass is 10.1. The molecule has 0 amide bonds. The molecule has 0 aliphatic carbocycles. The van der Waals surface area contributed by atoms with Crippen LogP contribution in [0.2, 0.25) is 10.0 Å². The molecule has 0 spiro atoms. The summed E-state index contributed by atoms with van der Waals surface area (Å²) in [6, 6.07) is 21.0. The van der Waals surface area contributed by atoms with E-state index < -0.39 is 0 Å². The molecule has 0 aliphatic heterocycles. The molecule has 4 rings (SSSR count). The van der Waals surface area contributed by atoms with Crippen molar-refractivity contribution in [3.05, 3.63) is 94.5 Å². The Labute approximate surface area is 172 Å². The second kappa shape index (κ2) is 7.77. The number of nitrogens with zero attached hydrogens (tertiary/aromatic N) is 2. The average Bonchev–Trinajstić information content (AvgIpc) is 3.14. The van der Waals surface area contributed by atoms with Crippen molar-refractivity contribution in [2.24, 2.45) is 0 Å². The van der Waals surface area contributed by atoms with Crippen LogP contribution in [0.4, 0.5) is 0 Å². The van der Waals surface area contributed by atoms with Gasteiger partial charge in [0.25, 0.3) is 0 Å². The minimum atomic E-state index is -0.265. The monoisotopic (exact) mass is 411 g/mol. The van der Waals surface area contributed by atoms with Gasteiger partial charge in [-0.15, -0.1) is 0 Å². The molecule has 1 unspecified atom stereocenters. The number of thiol groups is 1. The van der Waals surface area contributed by atoms with Crippen LogP contribution in [0.3, 0.4) is 0 Å². The molecule has 4 aromatic rings. The third-order valence-corrected chi connectivity index (χ3v) is 5.21. The van der Waals surface area contributed by atoms with Gasteiger partial charge in [-0.1, -0.05) is 53.5 Å². The predicted molar refractivity (Wildman–Crippen MR) is 115 cm³/mol. The number of pyridine rings is 1. The number of H-pyrrole nitrogens is 1. The Balaban J connectivity index is 1.84. The summed E-state index contributed by atoms with van der Waals surface area (Å²) >= 11 is 16.8. The molecule has 1 N–H and O–H groups in total. The summed E-state index contributed by atoms with van der Waals surface area (Å²) in [7, 11) is 0. The third-order valence-electron chi connectivity index (χ3n) is 4.20. The first-order chi connectivity index (χ1) is 13.1. The number of rotatable bonds is 4. The van der Waals surface area contributed by atoms with Crippen LogP contribution in [0.15, 0.2) is 72.9 Å². The molecular formula is C21H15Cl2N3S. The largest absolute Gasteiger partial charge is 0.340 e. The first-order valence-corrected chi connectivity index (χ1v) is 9.60. The highest BCUT2D eigenvalue weighted by atomic mass is 35.5. The van der Waals surface area contributed by atoms with Crippen LogP contribution in [0.1, 0.15) is 16.8 Å². The van der Waals surface area contributed by atoms with E-state index >= 15 is 0 Å². The van der Waals surface area contributed by atoms with Gasteiger partial charge in [0.2, 0.25) is 0 Å². The smallest absolute Gasteiger partial charge is 0.126 e. The zero-order chi connectivity index (χ0) is 18.8. The molecule has 2 aromatic carbocycles. The Morgan fingerprint density at radius 1 is 0.815 bits per heavy atom. The molecule has 0 aliphatic rings. The number of hydrogen-bond acceptors (Lipinski definition) is 3. The van der Waals surface area contributed by atoms with Gasteiger partial charge in [0.05, 0.1) is 17.1 Å². The zero-order valence-corrected chi connectivity index (χ0v) is 16.5. The second-order valence-corrected chi connectivity index (χ2v) is 7.41. The van der Waals surface area contributed by atoms with Crippen molar-refractivity contribution in [2.45, 2.75) is 5.25 Å². The summed E-state index contributed by atoms with van der Waals surface area (Å²) in [6.07, 6.45) is 1.75.